The lowest BCUT2D eigenvalue weighted by Crippen LogP contribution is -2.44. The molecular weight excluding hydrogens is 208 g/mol. The first-order chi connectivity index (χ1) is 8.16. The van der Waals surface area contributed by atoms with Crippen LogP contribution in [0.25, 0.3) is 0 Å². The van der Waals surface area contributed by atoms with Gasteiger partial charge in [0.25, 0.3) is 0 Å². The molecule has 0 aromatic heterocycles. The van der Waals surface area contributed by atoms with Crippen LogP contribution in [0.15, 0.2) is 12.1 Å². The highest BCUT2D eigenvalue weighted by Crippen LogP contribution is 2.16. The SMILES string of the molecule is Cc1cc(C)c(CCN2CCNCC2)cc1C. The molecule has 0 amide bonds. The fraction of sp³-hybridized carbons (Fsp3) is 0.600. The summed E-state index contributed by atoms with van der Waals surface area (Å²) in [5, 5.41) is 3.40. The van der Waals surface area contributed by atoms with Gasteiger partial charge in [0.05, 0.1) is 0 Å². The predicted octanol–water partition coefficient (Wildman–Crippen LogP) is 2.06. The molecule has 0 atom stereocenters. The molecule has 1 saturated heterocycles. The number of benzene rings is 1. The fourth-order valence-electron chi connectivity index (χ4n) is 2.50. The van der Waals surface area contributed by atoms with Crippen LogP contribution in [0.4, 0.5) is 0 Å². The minimum absolute atomic E-state index is 1.14. The largest absolute Gasteiger partial charge is 0.314 e. The summed E-state index contributed by atoms with van der Waals surface area (Å²) in [6.45, 7) is 12.5. The summed E-state index contributed by atoms with van der Waals surface area (Å²) in [6, 6.07) is 4.69. The zero-order chi connectivity index (χ0) is 12.3. The van der Waals surface area contributed by atoms with E-state index in [2.05, 4.69) is 43.1 Å². The Morgan fingerprint density at radius 1 is 1.00 bits per heavy atom. The van der Waals surface area contributed by atoms with E-state index in [0.29, 0.717) is 0 Å². The van der Waals surface area contributed by atoms with Gasteiger partial charge < -0.3 is 10.2 Å². The molecule has 17 heavy (non-hydrogen) atoms. The molecule has 1 aliphatic rings. The van der Waals surface area contributed by atoms with E-state index < -0.39 is 0 Å². The lowest BCUT2D eigenvalue weighted by atomic mass is 9.98. The van der Waals surface area contributed by atoms with Crippen LogP contribution in [-0.2, 0) is 6.42 Å². The lowest BCUT2D eigenvalue weighted by Gasteiger charge is -2.27. The third-order valence-electron chi connectivity index (χ3n) is 3.86. The van der Waals surface area contributed by atoms with Crippen LogP contribution in [0.3, 0.4) is 0 Å². The molecule has 0 spiro atoms. The van der Waals surface area contributed by atoms with E-state index in [4.69, 9.17) is 0 Å². The van der Waals surface area contributed by atoms with Crippen molar-refractivity contribution in [1.82, 2.24) is 10.2 Å². The first-order valence-corrected chi connectivity index (χ1v) is 6.66. The molecule has 1 heterocycles. The standard InChI is InChI=1S/C15H24N2/c1-12-10-14(3)15(11-13(12)2)4-7-17-8-5-16-6-9-17/h10-11,16H,4-9H2,1-3H3. The molecule has 1 aromatic carbocycles. The van der Waals surface area contributed by atoms with E-state index in [1.807, 2.05) is 0 Å². The van der Waals surface area contributed by atoms with E-state index in [1.54, 1.807) is 0 Å². The maximum absolute atomic E-state index is 3.40. The maximum Gasteiger partial charge on any atom is 0.0108 e. The third-order valence-corrected chi connectivity index (χ3v) is 3.86. The number of hydrogen-bond acceptors (Lipinski definition) is 2. The van der Waals surface area contributed by atoms with Crippen molar-refractivity contribution in [3.05, 3.63) is 34.4 Å². The Kier molecular flexibility index (Phi) is 4.19. The van der Waals surface area contributed by atoms with Gasteiger partial charge in [-0.1, -0.05) is 12.1 Å². The third kappa shape index (κ3) is 3.30. The molecule has 0 aliphatic carbocycles. The van der Waals surface area contributed by atoms with E-state index in [1.165, 1.54) is 48.3 Å². The highest BCUT2D eigenvalue weighted by molar-refractivity contribution is 5.36. The van der Waals surface area contributed by atoms with Crippen LogP contribution in [0.1, 0.15) is 22.3 Å². The average Bonchev–Trinajstić information content (AvgIpc) is 2.33. The number of hydrogen-bond donors (Lipinski definition) is 1. The molecule has 1 aromatic rings. The number of rotatable bonds is 3. The monoisotopic (exact) mass is 232 g/mol. The number of nitrogens with zero attached hydrogens (tertiary/aromatic N) is 1. The Hall–Kier alpha value is -0.860. The summed E-state index contributed by atoms with van der Waals surface area (Å²) < 4.78 is 0. The van der Waals surface area contributed by atoms with Crippen LogP contribution in [-0.4, -0.2) is 37.6 Å². The molecule has 0 bridgehead atoms. The zero-order valence-corrected chi connectivity index (χ0v) is 11.3. The van der Waals surface area contributed by atoms with Gasteiger partial charge in [-0.25, -0.2) is 0 Å². The van der Waals surface area contributed by atoms with Gasteiger partial charge in [0, 0.05) is 32.7 Å². The minimum Gasteiger partial charge on any atom is -0.314 e. The van der Waals surface area contributed by atoms with Gasteiger partial charge in [0.15, 0.2) is 0 Å². The normalized spacial score (nSPS) is 17.4. The van der Waals surface area contributed by atoms with Crippen molar-refractivity contribution in [1.29, 1.82) is 0 Å². The van der Waals surface area contributed by atoms with Crippen LogP contribution < -0.4 is 5.32 Å². The van der Waals surface area contributed by atoms with E-state index in [-0.39, 0.29) is 0 Å². The Bertz CT molecular complexity index is 379. The Balaban J connectivity index is 1.96. The molecule has 0 saturated carbocycles. The van der Waals surface area contributed by atoms with Crippen molar-refractivity contribution in [2.24, 2.45) is 0 Å². The molecule has 2 rings (SSSR count). The smallest absolute Gasteiger partial charge is 0.0108 e. The van der Waals surface area contributed by atoms with Crippen LogP contribution in [0.5, 0.6) is 0 Å². The Morgan fingerprint density at radius 3 is 2.35 bits per heavy atom. The Labute approximate surface area is 105 Å². The fourth-order valence-corrected chi connectivity index (χ4v) is 2.50. The topological polar surface area (TPSA) is 15.3 Å². The molecule has 1 fully saturated rings. The highest BCUT2D eigenvalue weighted by Gasteiger charge is 2.10. The van der Waals surface area contributed by atoms with E-state index in [9.17, 15) is 0 Å². The summed E-state index contributed by atoms with van der Waals surface area (Å²) in [7, 11) is 0. The molecule has 0 unspecified atom stereocenters. The lowest BCUT2D eigenvalue weighted by molar-refractivity contribution is 0.244. The van der Waals surface area contributed by atoms with Crippen molar-refractivity contribution < 1.29 is 0 Å². The minimum atomic E-state index is 1.14. The van der Waals surface area contributed by atoms with Crippen molar-refractivity contribution in [2.45, 2.75) is 27.2 Å². The number of piperazine rings is 1. The summed E-state index contributed by atoms with van der Waals surface area (Å²) in [5.74, 6) is 0. The van der Waals surface area contributed by atoms with Gasteiger partial charge in [-0.15, -0.1) is 0 Å². The van der Waals surface area contributed by atoms with Crippen LogP contribution in [0, 0.1) is 20.8 Å². The van der Waals surface area contributed by atoms with Gasteiger partial charge in [0.1, 0.15) is 0 Å². The number of aryl methyl sites for hydroxylation is 3. The van der Waals surface area contributed by atoms with Crippen LogP contribution >= 0.6 is 0 Å². The molecular formula is C15H24N2. The summed E-state index contributed by atoms with van der Waals surface area (Å²) in [6.07, 6.45) is 1.19. The average molecular weight is 232 g/mol. The van der Waals surface area contributed by atoms with Gasteiger partial charge in [-0.3, -0.25) is 0 Å². The second-order valence-electron chi connectivity index (χ2n) is 5.20. The predicted molar refractivity (Wildman–Crippen MR) is 73.7 cm³/mol. The summed E-state index contributed by atoms with van der Waals surface area (Å²) >= 11 is 0. The first-order valence-electron chi connectivity index (χ1n) is 6.66. The van der Waals surface area contributed by atoms with Crippen molar-refractivity contribution in [2.75, 3.05) is 32.7 Å². The van der Waals surface area contributed by atoms with Crippen molar-refractivity contribution in [3.63, 3.8) is 0 Å². The van der Waals surface area contributed by atoms with Gasteiger partial charge in [0.2, 0.25) is 0 Å². The van der Waals surface area contributed by atoms with E-state index in [0.717, 1.165) is 13.1 Å². The van der Waals surface area contributed by atoms with Gasteiger partial charge >= 0.3 is 0 Å². The van der Waals surface area contributed by atoms with Crippen molar-refractivity contribution >= 4 is 0 Å². The zero-order valence-electron chi connectivity index (χ0n) is 11.3. The van der Waals surface area contributed by atoms with Crippen molar-refractivity contribution in [3.8, 4) is 0 Å². The second-order valence-corrected chi connectivity index (χ2v) is 5.20. The summed E-state index contributed by atoms with van der Waals surface area (Å²) in [5.41, 5.74) is 5.80. The van der Waals surface area contributed by atoms with E-state index >= 15 is 0 Å². The highest BCUT2D eigenvalue weighted by atomic mass is 15.2. The Morgan fingerprint density at radius 2 is 1.65 bits per heavy atom. The molecule has 2 nitrogen and oxygen atoms in total. The molecule has 94 valence electrons. The molecule has 1 N–H and O–H groups in total. The maximum atomic E-state index is 3.40. The first kappa shape index (κ1) is 12.6. The molecule has 0 radical (unpaired) electrons. The van der Waals surface area contributed by atoms with Gasteiger partial charge in [-0.2, -0.15) is 0 Å². The summed E-state index contributed by atoms with van der Waals surface area (Å²) in [4.78, 5) is 2.56. The number of nitrogens with one attached hydrogen (secondary N) is 1. The quantitative estimate of drug-likeness (QED) is 0.858. The molecule has 2 heteroatoms. The van der Waals surface area contributed by atoms with Crippen LogP contribution in [0.2, 0.25) is 0 Å². The van der Waals surface area contributed by atoms with Gasteiger partial charge in [-0.05, 0) is 49.4 Å². The second kappa shape index (κ2) is 5.65. The molecule has 1 aliphatic heterocycles.